The summed E-state index contributed by atoms with van der Waals surface area (Å²) in [5, 5.41) is 7.16. The summed E-state index contributed by atoms with van der Waals surface area (Å²) >= 11 is 1.79. The van der Waals surface area contributed by atoms with Crippen molar-refractivity contribution in [1.82, 2.24) is 10.4 Å². The summed E-state index contributed by atoms with van der Waals surface area (Å²) in [6.07, 6.45) is 8.49. The number of aromatic nitrogens is 1. The molecule has 0 radical (unpaired) electrons. The lowest BCUT2D eigenvalue weighted by molar-refractivity contribution is 0.443. The summed E-state index contributed by atoms with van der Waals surface area (Å²) < 4.78 is 0. The number of rotatable bonds is 2. The molecule has 0 saturated heterocycles. The number of benzene rings is 1. The van der Waals surface area contributed by atoms with Crippen molar-refractivity contribution < 1.29 is 0 Å². The summed E-state index contributed by atoms with van der Waals surface area (Å²) in [5.41, 5.74) is 6.62. The van der Waals surface area contributed by atoms with Gasteiger partial charge in [-0.05, 0) is 25.8 Å². The average Bonchev–Trinajstić information content (AvgIpc) is 3.00. The van der Waals surface area contributed by atoms with Gasteiger partial charge in [-0.25, -0.2) is 0 Å². The molecule has 120 valence electrons. The van der Waals surface area contributed by atoms with Crippen LogP contribution in [0.4, 0.5) is 0 Å². The van der Waals surface area contributed by atoms with Gasteiger partial charge in [-0.2, -0.15) is 5.10 Å². The molecule has 1 atom stereocenters. The highest BCUT2D eigenvalue weighted by Gasteiger charge is 2.24. The quantitative estimate of drug-likeness (QED) is 0.865. The van der Waals surface area contributed by atoms with Crippen LogP contribution in [-0.2, 0) is 0 Å². The zero-order valence-electron chi connectivity index (χ0n) is 13.4. The van der Waals surface area contributed by atoms with Crippen molar-refractivity contribution >= 4 is 33.5 Å². The fraction of sp³-hybridized carbons (Fsp3) is 0.444. The van der Waals surface area contributed by atoms with Crippen LogP contribution >= 0.6 is 11.8 Å². The van der Waals surface area contributed by atoms with Crippen LogP contribution in [0.2, 0.25) is 0 Å². The van der Waals surface area contributed by atoms with E-state index in [-0.39, 0.29) is 0 Å². The normalized spacial score (nSPS) is 24.7. The van der Waals surface area contributed by atoms with Crippen LogP contribution < -0.4 is 5.43 Å². The SMILES string of the molecule is C[C@@H]1SC(=NC2CCCCC2)NN=C1c1c[nH]c2ccccc12. The van der Waals surface area contributed by atoms with Gasteiger partial charge >= 0.3 is 0 Å². The molecule has 1 saturated carbocycles. The highest BCUT2D eigenvalue weighted by atomic mass is 32.2. The van der Waals surface area contributed by atoms with E-state index in [0.717, 1.165) is 16.4 Å². The van der Waals surface area contributed by atoms with Gasteiger partial charge in [-0.1, -0.05) is 49.2 Å². The minimum absolute atomic E-state index is 0.304. The van der Waals surface area contributed by atoms with Crippen molar-refractivity contribution in [1.29, 1.82) is 0 Å². The first kappa shape index (κ1) is 14.8. The summed E-state index contributed by atoms with van der Waals surface area (Å²) in [6, 6.07) is 8.85. The van der Waals surface area contributed by atoms with E-state index in [2.05, 4.69) is 52.9 Å². The monoisotopic (exact) mass is 326 g/mol. The molecule has 4 rings (SSSR count). The van der Waals surface area contributed by atoms with E-state index in [1.165, 1.54) is 43.1 Å². The summed E-state index contributed by atoms with van der Waals surface area (Å²) in [6.45, 7) is 2.21. The molecule has 1 fully saturated rings. The highest BCUT2D eigenvalue weighted by Crippen LogP contribution is 2.28. The maximum absolute atomic E-state index is 4.88. The van der Waals surface area contributed by atoms with Crippen molar-refractivity contribution in [2.45, 2.75) is 50.3 Å². The lowest BCUT2D eigenvalue weighted by Crippen LogP contribution is -2.32. The second-order valence-corrected chi connectivity index (χ2v) is 7.67. The van der Waals surface area contributed by atoms with E-state index in [0.29, 0.717) is 11.3 Å². The standard InChI is InChI=1S/C18H22N4S/c1-12-17(15-11-19-16-10-6-5-9-14(15)16)21-22-18(23-12)20-13-7-3-2-4-8-13/h5-6,9-13,19H,2-4,7-8H2,1H3,(H,20,22)/t12-/m0/s1. The number of hydrogen-bond acceptors (Lipinski definition) is 3. The topological polar surface area (TPSA) is 52.5 Å². The minimum Gasteiger partial charge on any atom is -0.360 e. The molecule has 0 spiro atoms. The van der Waals surface area contributed by atoms with Crippen molar-refractivity contribution in [2.24, 2.45) is 10.1 Å². The maximum atomic E-state index is 4.88. The Kier molecular flexibility index (Phi) is 4.12. The molecule has 1 aromatic heterocycles. The number of thioether (sulfide) groups is 1. The molecule has 0 amide bonds. The number of nitrogens with zero attached hydrogens (tertiary/aromatic N) is 2. The molecular weight excluding hydrogens is 304 g/mol. The molecule has 1 aliphatic heterocycles. The van der Waals surface area contributed by atoms with Crippen molar-refractivity contribution in [3.63, 3.8) is 0 Å². The number of nitrogens with one attached hydrogen (secondary N) is 2. The smallest absolute Gasteiger partial charge is 0.178 e. The van der Waals surface area contributed by atoms with Crippen LogP contribution in [0.3, 0.4) is 0 Å². The Morgan fingerprint density at radius 3 is 2.83 bits per heavy atom. The molecule has 23 heavy (non-hydrogen) atoms. The van der Waals surface area contributed by atoms with Crippen LogP contribution in [0.25, 0.3) is 10.9 Å². The van der Waals surface area contributed by atoms with Gasteiger partial charge in [-0.3, -0.25) is 10.4 Å². The zero-order chi connectivity index (χ0) is 15.6. The second-order valence-electron chi connectivity index (χ2n) is 6.34. The first-order valence-electron chi connectivity index (χ1n) is 8.46. The average molecular weight is 326 g/mol. The Balaban J connectivity index is 1.58. The number of aromatic amines is 1. The molecule has 2 heterocycles. The van der Waals surface area contributed by atoms with Gasteiger partial charge in [0.2, 0.25) is 0 Å². The molecule has 5 heteroatoms. The Morgan fingerprint density at radius 1 is 1.17 bits per heavy atom. The Hall–Kier alpha value is -1.75. The molecular formula is C18H22N4S. The third kappa shape index (κ3) is 3.02. The summed E-state index contributed by atoms with van der Waals surface area (Å²) in [7, 11) is 0. The van der Waals surface area contributed by atoms with Crippen molar-refractivity contribution in [3.05, 3.63) is 36.0 Å². The predicted molar refractivity (Wildman–Crippen MR) is 99.3 cm³/mol. The van der Waals surface area contributed by atoms with Gasteiger partial charge in [0.25, 0.3) is 0 Å². The van der Waals surface area contributed by atoms with Gasteiger partial charge in [0.05, 0.1) is 17.0 Å². The number of hydrazone groups is 1. The minimum atomic E-state index is 0.304. The molecule has 2 aromatic rings. The molecule has 2 aliphatic rings. The van der Waals surface area contributed by atoms with Gasteiger partial charge in [-0.15, -0.1) is 0 Å². The van der Waals surface area contributed by atoms with Crippen LogP contribution in [0.1, 0.15) is 44.6 Å². The molecule has 0 bridgehead atoms. The Labute approximate surface area is 140 Å². The highest BCUT2D eigenvalue weighted by molar-refractivity contribution is 8.15. The lowest BCUT2D eigenvalue weighted by atomic mass is 9.96. The van der Waals surface area contributed by atoms with E-state index in [9.17, 15) is 0 Å². The molecule has 1 aromatic carbocycles. The maximum Gasteiger partial charge on any atom is 0.178 e. The summed E-state index contributed by atoms with van der Waals surface area (Å²) in [5.74, 6) is 0. The largest absolute Gasteiger partial charge is 0.360 e. The molecule has 4 nitrogen and oxygen atoms in total. The van der Waals surface area contributed by atoms with Crippen LogP contribution in [0.15, 0.2) is 40.6 Å². The zero-order valence-corrected chi connectivity index (χ0v) is 14.2. The van der Waals surface area contributed by atoms with E-state index in [1.54, 1.807) is 11.8 Å². The molecule has 1 aliphatic carbocycles. The molecule has 2 N–H and O–H groups in total. The van der Waals surface area contributed by atoms with E-state index in [1.807, 2.05) is 0 Å². The van der Waals surface area contributed by atoms with Crippen LogP contribution in [-0.4, -0.2) is 27.2 Å². The van der Waals surface area contributed by atoms with Crippen molar-refractivity contribution in [3.8, 4) is 0 Å². The van der Waals surface area contributed by atoms with Gasteiger partial charge in [0.1, 0.15) is 0 Å². The number of aliphatic imine (C=N–C) groups is 1. The summed E-state index contributed by atoms with van der Waals surface area (Å²) in [4.78, 5) is 8.21. The lowest BCUT2D eigenvalue weighted by Gasteiger charge is -2.23. The fourth-order valence-electron chi connectivity index (χ4n) is 3.45. The van der Waals surface area contributed by atoms with E-state index >= 15 is 0 Å². The second kappa shape index (κ2) is 6.40. The van der Waals surface area contributed by atoms with Crippen LogP contribution in [0.5, 0.6) is 0 Å². The predicted octanol–water partition coefficient (Wildman–Crippen LogP) is 4.29. The first-order valence-corrected chi connectivity index (χ1v) is 9.34. The molecule has 0 unspecified atom stereocenters. The fourth-order valence-corrected chi connectivity index (χ4v) is 4.38. The van der Waals surface area contributed by atoms with Crippen molar-refractivity contribution in [2.75, 3.05) is 0 Å². The van der Waals surface area contributed by atoms with Gasteiger partial charge in [0.15, 0.2) is 5.17 Å². The Bertz CT molecular complexity index is 755. The first-order chi connectivity index (χ1) is 11.3. The number of fused-ring (bicyclic) bond motifs is 1. The third-order valence-corrected chi connectivity index (χ3v) is 5.68. The number of hydrogen-bond donors (Lipinski definition) is 2. The van der Waals surface area contributed by atoms with Crippen LogP contribution in [0, 0.1) is 0 Å². The van der Waals surface area contributed by atoms with E-state index < -0.39 is 0 Å². The van der Waals surface area contributed by atoms with Gasteiger partial charge in [0, 0.05) is 22.7 Å². The van der Waals surface area contributed by atoms with E-state index in [4.69, 9.17) is 4.99 Å². The van der Waals surface area contributed by atoms with Gasteiger partial charge < -0.3 is 4.98 Å². The third-order valence-electron chi connectivity index (χ3n) is 4.69. The number of para-hydroxylation sites is 1. The number of H-pyrrole nitrogens is 1. The Morgan fingerprint density at radius 2 is 2.00 bits per heavy atom. The number of amidine groups is 1.